The number of hydrogen-bond donors (Lipinski definition) is 2. The minimum Gasteiger partial charge on any atom is -0.493 e. The van der Waals surface area contributed by atoms with Crippen LogP contribution >= 0.6 is 0 Å². The maximum Gasteiger partial charge on any atom is 0.148 e. The topological polar surface area (TPSA) is 109 Å². The lowest BCUT2D eigenvalue weighted by molar-refractivity contribution is 0.288. The van der Waals surface area contributed by atoms with E-state index in [-0.39, 0.29) is 23.5 Å². The fourth-order valence-corrected chi connectivity index (χ4v) is 13.6. The number of nitrogens with zero attached hydrogens (tertiary/aromatic N) is 2. The molecule has 0 fully saturated rings. The van der Waals surface area contributed by atoms with Gasteiger partial charge in [-0.15, -0.1) is 0 Å². The van der Waals surface area contributed by atoms with Crippen molar-refractivity contribution >= 4 is 0 Å². The van der Waals surface area contributed by atoms with Crippen LogP contribution in [0.3, 0.4) is 0 Å². The van der Waals surface area contributed by atoms with Gasteiger partial charge in [-0.05, 0) is 74.9 Å². The predicted octanol–water partition coefficient (Wildman–Crippen LogP) is 28.9. The normalized spacial score (nSPS) is 12.3. The van der Waals surface area contributed by atoms with Crippen molar-refractivity contribution < 1.29 is 18.9 Å². The van der Waals surface area contributed by atoms with Gasteiger partial charge in [0, 0.05) is 24.2 Å². The Hall–Kier alpha value is -4.04. The maximum atomic E-state index is 10.7. The van der Waals surface area contributed by atoms with E-state index in [0.717, 1.165) is 59.8 Å². The third-order valence-corrected chi connectivity index (χ3v) is 20.1. The van der Waals surface area contributed by atoms with Crippen LogP contribution in [0.2, 0.25) is 0 Å². The highest BCUT2D eigenvalue weighted by Gasteiger charge is 2.18. The average Bonchev–Trinajstić information content (AvgIpc) is 1.10. The Morgan fingerprint density at radius 3 is 0.542 bits per heavy atom. The molecule has 0 amide bonds. The zero-order valence-corrected chi connectivity index (χ0v) is 64.4. The fraction of sp³-hybridized carbons (Fsp3) is 0.818. The molecule has 8 heteroatoms. The molecule has 0 bridgehead atoms. The molecular weight excluding hydrogens is 1180 g/mol. The van der Waals surface area contributed by atoms with Crippen LogP contribution in [-0.2, 0) is 0 Å². The van der Waals surface area contributed by atoms with E-state index in [1.807, 2.05) is 26.0 Å². The van der Waals surface area contributed by atoms with Crippen molar-refractivity contribution in [2.45, 2.75) is 439 Å². The molecule has 2 N–H and O–H groups in total. The molecule has 2 unspecified atom stereocenters. The van der Waals surface area contributed by atoms with Crippen molar-refractivity contribution in [3.8, 4) is 35.1 Å². The minimum atomic E-state index is -0.307. The van der Waals surface area contributed by atoms with E-state index in [4.69, 9.17) is 18.9 Å². The summed E-state index contributed by atoms with van der Waals surface area (Å²) >= 11 is 0. The molecule has 8 nitrogen and oxygen atoms in total. The zero-order chi connectivity index (χ0) is 68.9. The summed E-state index contributed by atoms with van der Waals surface area (Å²) in [4.78, 5) is 0. The molecule has 0 aliphatic carbocycles. The van der Waals surface area contributed by atoms with Gasteiger partial charge >= 0.3 is 0 Å². The molecule has 2 aromatic rings. The quantitative estimate of drug-likeness (QED) is 0.0498. The number of nitrogens with one attached hydrogen (secondary N) is 2. The van der Waals surface area contributed by atoms with Crippen LogP contribution in [0.5, 0.6) is 23.0 Å². The first-order chi connectivity index (χ1) is 47.4. The first-order valence-corrected chi connectivity index (χ1v) is 42.3. The van der Waals surface area contributed by atoms with E-state index in [1.54, 1.807) is 0 Å². The largest absolute Gasteiger partial charge is 0.493 e. The molecule has 0 saturated heterocycles. The lowest BCUT2D eigenvalue weighted by Gasteiger charge is -2.21. The van der Waals surface area contributed by atoms with Crippen LogP contribution in [-0.4, -0.2) is 26.4 Å². The Morgan fingerprint density at radius 1 is 0.250 bits per heavy atom. The van der Waals surface area contributed by atoms with Crippen molar-refractivity contribution in [2.75, 3.05) is 26.4 Å². The van der Waals surface area contributed by atoms with E-state index >= 15 is 0 Å². The monoisotopic (exact) mass is 1330 g/mol. The lowest BCUT2D eigenvalue weighted by Crippen LogP contribution is -2.25. The number of allylic oxidation sites excluding steroid dienone is 2. The molecule has 0 aliphatic rings. The molecule has 2 atom stereocenters. The smallest absolute Gasteiger partial charge is 0.148 e. The van der Waals surface area contributed by atoms with Crippen LogP contribution in [0.1, 0.15) is 450 Å². The third kappa shape index (κ3) is 52.9. The van der Waals surface area contributed by atoms with Crippen molar-refractivity contribution in [2.24, 2.45) is 0 Å². The molecule has 0 heterocycles. The molecule has 0 aromatic heterocycles. The number of hydrogen-bond acceptors (Lipinski definition) is 8. The molecule has 0 aliphatic heterocycles. The molecule has 96 heavy (non-hydrogen) atoms. The Bertz CT molecular complexity index is 1870. The summed E-state index contributed by atoms with van der Waals surface area (Å²) in [5, 5.41) is 28.3. The molecule has 2 rings (SSSR count). The molecule has 552 valence electrons. The number of ether oxygens (including phenoxy) is 4. The summed E-state index contributed by atoms with van der Waals surface area (Å²) in [5.41, 5.74) is 2.30. The number of rotatable bonds is 74. The summed E-state index contributed by atoms with van der Waals surface area (Å²) in [6, 6.07) is 16.5. The van der Waals surface area contributed by atoms with Gasteiger partial charge in [0.05, 0.1) is 26.4 Å². The highest BCUT2D eigenvalue weighted by Crippen LogP contribution is 2.31. The summed E-state index contributed by atoms with van der Waals surface area (Å²) in [6.07, 6.45) is 80.0. The maximum absolute atomic E-state index is 10.7. The SMILES string of the molecule is CCCCCCCCCCCCCCCCCOc1cc(OCCCCCCCCCCCCCCCCC)cc(C(C)N/C(C#N)=C(/C#N)NC(C)c2cc(OCCCCCCCCCCCCCCCCC)cc(OCCCCCCCCCCCCCCCCC)c2)c1. The van der Waals surface area contributed by atoms with Gasteiger partial charge in [0.15, 0.2) is 0 Å². The summed E-state index contributed by atoms with van der Waals surface area (Å²) < 4.78 is 26.0. The van der Waals surface area contributed by atoms with E-state index in [2.05, 4.69) is 74.7 Å². The Labute approximate surface area is 596 Å². The van der Waals surface area contributed by atoms with Crippen LogP contribution in [0.15, 0.2) is 47.8 Å². The van der Waals surface area contributed by atoms with Crippen molar-refractivity contribution in [1.29, 1.82) is 10.5 Å². The van der Waals surface area contributed by atoms with Crippen molar-refractivity contribution in [3.05, 3.63) is 58.9 Å². The standard InChI is InChI=1S/C88H156N4O4/c1-7-11-15-19-23-27-31-35-39-43-47-51-55-59-63-67-93-83-71-81(72-84(75-83)94-68-64-60-56-52-48-44-40-36-32-28-24-20-16-12-8-2)79(5)91-87(77-89)88(78-90)92-80(6)82-73-85(95-69-65-61-57-53-49-45-41-37-33-29-25-21-17-13-9-3)76-86(74-82)96-70-66-62-58-54-50-46-42-38-34-30-26-22-18-14-10-4/h71-76,79-80,91-92H,7-70H2,1-6H3/b88-87-. The number of nitriles is 2. The molecular formula is C88H156N4O4. The summed E-state index contributed by atoms with van der Waals surface area (Å²) in [6.45, 7) is 15.9. The van der Waals surface area contributed by atoms with Crippen molar-refractivity contribution in [1.82, 2.24) is 10.6 Å². The fourth-order valence-electron chi connectivity index (χ4n) is 13.6. The number of unbranched alkanes of at least 4 members (excludes halogenated alkanes) is 56. The van der Waals surface area contributed by atoms with Gasteiger partial charge < -0.3 is 29.6 Å². The minimum absolute atomic E-state index is 0.200. The van der Waals surface area contributed by atoms with Gasteiger partial charge in [-0.3, -0.25) is 0 Å². The Balaban J connectivity index is 2.07. The molecule has 0 saturated carbocycles. The average molecular weight is 1330 g/mol. The summed E-state index contributed by atoms with van der Waals surface area (Å²) in [5.74, 6) is 3.14. The second-order valence-electron chi connectivity index (χ2n) is 29.4. The van der Waals surface area contributed by atoms with Gasteiger partial charge in [-0.1, -0.05) is 387 Å². The Morgan fingerprint density at radius 2 is 0.396 bits per heavy atom. The highest BCUT2D eigenvalue weighted by atomic mass is 16.5. The molecule has 0 spiro atoms. The Kier molecular flexibility index (Phi) is 62.5. The van der Waals surface area contributed by atoms with Crippen LogP contribution in [0.4, 0.5) is 0 Å². The third-order valence-electron chi connectivity index (χ3n) is 20.1. The zero-order valence-electron chi connectivity index (χ0n) is 64.4. The van der Waals surface area contributed by atoms with Gasteiger partial charge in [-0.2, -0.15) is 10.5 Å². The molecule has 2 aromatic carbocycles. The highest BCUT2D eigenvalue weighted by molar-refractivity contribution is 5.43. The van der Waals surface area contributed by atoms with Crippen LogP contribution < -0.4 is 29.6 Å². The number of benzene rings is 2. The first-order valence-electron chi connectivity index (χ1n) is 42.3. The summed E-state index contributed by atoms with van der Waals surface area (Å²) in [7, 11) is 0. The van der Waals surface area contributed by atoms with Crippen molar-refractivity contribution in [3.63, 3.8) is 0 Å². The van der Waals surface area contributed by atoms with Gasteiger partial charge in [0.25, 0.3) is 0 Å². The van der Waals surface area contributed by atoms with Gasteiger partial charge in [-0.25, -0.2) is 0 Å². The van der Waals surface area contributed by atoms with Gasteiger partial charge in [0.1, 0.15) is 46.5 Å². The van der Waals surface area contributed by atoms with Crippen LogP contribution in [0, 0.1) is 22.7 Å². The second-order valence-corrected chi connectivity index (χ2v) is 29.4. The lowest BCUT2D eigenvalue weighted by atomic mass is 10.0. The predicted molar refractivity (Wildman–Crippen MR) is 416 cm³/mol. The van der Waals surface area contributed by atoms with Crippen LogP contribution in [0.25, 0.3) is 0 Å². The van der Waals surface area contributed by atoms with E-state index in [9.17, 15) is 10.5 Å². The first kappa shape index (κ1) is 88.0. The molecule has 0 radical (unpaired) electrons. The van der Waals surface area contributed by atoms with E-state index in [1.165, 1.54) is 360 Å². The van der Waals surface area contributed by atoms with E-state index < -0.39 is 0 Å². The van der Waals surface area contributed by atoms with Gasteiger partial charge in [0.2, 0.25) is 0 Å². The second kappa shape index (κ2) is 68.1. The van der Waals surface area contributed by atoms with E-state index in [0.29, 0.717) is 26.4 Å².